The average molecular weight is 242 g/mol. The zero-order chi connectivity index (χ0) is 13.1. The van der Waals surface area contributed by atoms with Crippen molar-refractivity contribution in [3.05, 3.63) is 0 Å². The largest absolute Gasteiger partial charge is 0.391 e. The molecule has 2 N–H and O–H groups in total. The maximum absolute atomic E-state index is 11.8. The van der Waals surface area contributed by atoms with E-state index >= 15 is 0 Å². The predicted octanol–water partition coefficient (Wildman–Crippen LogP) is 1.14. The average Bonchev–Trinajstić information content (AvgIpc) is 2.14. The summed E-state index contributed by atoms with van der Waals surface area (Å²) in [6.45, 7) is 6.28. The third kappa shape index (κ3) is 5.04. The van der Waals surface area contributed by atoms with Gasteiger partial charge in [0, 0.05) is 11.6 Å². The number of nitrogens with one attached hydrogen (secondary N) is 1. The number of likely N-dealkylation sites (N-methyl/N-ethyl adjacent to an activating group) is 1. The fraction of sp³-hybridized carbons (Fsp3) is 0.923. The monoisotopic (exact) mass is 242 g/mol. The Hall–Kier alpha value is -0.610. The van der Waals surface area contributed by atoms with Crippen molar-refractivity contribution in [3.63, 3.8) is 0 Å². The molecule has 1 aliphatic rings. The van der Waals surface area contributed by atoms with Gasteiger partial charge in [0.05, 0.1) is 12.6 Å². The molecular formula is C13H26N2O2. The molecule has 1 rings (SSSR count). The molecule has 2 atom stereocenters. The Morgan fingerprint density at radius 1 is 1.35 bits per heavy atom. The Balaban J connectivity index is 2.42. The Kier molecular flexibility index (Phi) is 4.95. The van der Waals surface area contributed by atoms with E-state index in [-0.39, 0.29) is 23.6 Å². The maximum atomic E-state index is 11.8. The number of rotatable bonds is 3. The van der Waals surface area contributed by atoms with Crippen LogP contribution in [0.2, 0.25) is 0 Å². The van der Waals surface area contributed by atoms with Crippen molar-refractivity contribution in [2.45, 2.75) is 64.1 Å². The fourth-order valence-electron chi connectivity index (χ4n) is 2.41. The van der Waals surface area contributed by atoms with Gasteiger partial charge >= 0.3 is 0 Å². The summed E-state index contributed by atoms with van der Waals surface area (Å²) in [7, 11) is 1.92. The molecule has 2 unspecified atom stereocenters. The van der Waals surface area contributed by atoms with E-state index in [1.165, 1.54) is 0 Å². The molecule has 1 fully saturated rings. The van der Waals surface area contributed by atoms with Gasteiger partial charge in [-0.1, -0.05) is 12.8 Å². The molecule has 0 heterocycles. The van der Waals surface area contributed by atoms with Gasteiger partial charge in [-0.3, -0.25) is 9.69 Å². The van der Waals surface area contributed by atoms with Crippen LogP contribution < -0.4 is 5.32 Å². The van der Waals surface area contributed by atoms with Crippen LogP contribution in [0.3, 0.4) is 0 Å². The number of aliphatic hydroxyl groups is 1. The SMILES string of the molecule is CN(CC(=O)NC(C)(C)C)C1CCCCC1O. The molecule has 1 amide bonds. The molecule has 0 aromatic rings. The molecule has 1 saturated carbocycles. The number of hydrogen-bond acceptors (Lipinski definition) is 3. The van der Waals surface area contributed by atoms with Gasteiger partial charge < -0.3 is 10.4 Å². The minimum absolute atomic E-state index is 0.0257. The minimum Gasteiger partial charge on any atom is -0.391 e. The minimum atomic E-state index is -0.281. The van der Waals surface area contributed by atoms with E-state index in [9.17, 15) is 9.90 Å². The van der Waals surface area contributed by atoms with E-state index in [0.717, 1.165) is 25.7 Å². The highest BCUT2D eigenvalue weighted by molar-refractivity contribution is 5.78. The lowest BCUT2D eigenvalue weighted by Gasteiger charge is -2.35. The Labute approximate surface area is 104 Å². The summed E-state index contributed by atoms with van der Waals surface area (Å²) < 4.78 is 0. The summed E-state index contributed by atoms with van der Waals surface area (Å²) in [5.74, 6) is 0.0257. The second kappa shape index (κ2) is 5.83. The molecule has 100 valence electrons. The maximum Gasteiger partial charge on any atom is 0.234 e. The number of carbonyl (C=O) groups is 1. The van der Waals surface area contributed by atoms with Crippen molar-refractivity contribution in [1.82, 2.24) is 10.2 Å². The number of nitrogens with zero attached hydrogens (tertiary/aromatic N) is 1. The van der Waals surface area contributed by atoms with Crippen molar-refractivity contribution in [2.75, 3.05) is 13.6 Å². The summed E-state index contributed by atoms with van der Waals surface area (Å²) in [6, 6.07) is 0.134. The van der Waals surface area contributed by atoms with Crippen LogP contribution >= 0.6 is 0 Å². The summed E-state index contributed by atoms with van der Waals surface area (Å²) in [4.78, 5) is 13.8. The molecule has 0 bridgehead atoms. The first-order valence-electron chi connectivity index (χ1n) is 6.49. The summed E-state index contributed by atoms with van der Waals surface area (Å²) >= 11 is 0. The second-order valence-electron chi connectivity index (χ2n) is 6.13. The molecule has 4 heteroatoms. The number of aliphatic hydroxyl groups excluding tert-OH is 1. The lowest BCUT2D eigenvalue weighted by Crippen LogP contribution is -2.50. The molecule has 0 radical (unpaired) electrons. The lowest BCUT2D eigenvalue weighted by molar-refractivity contribution is -0.124. The second-order valence-corrected chi connectivity index (χ2v) is 6.13. The van der Waals surface area contributed by atoms with Crippen molar-refractivity contribution in [2.24, 2.45) is 0 Å². The molecule has 4 nitrogen and oxygen atoms in total. The van der Waals surface area contributed by atoms with Crippen molar-refractivity contribution in [3.8, 4) is 0 Å². The van der Waals surface area contributed by atoms with E-state index in [1.807, 2.05) is 32.7 Å². The first-order valence-corrected chi connectivity index (χ1v) is 6.49. The topological polar surface area (TPSA) is 52.6 Å². The van der Waals surface area contributed by atoms with E-state index < -0.39 is 0 Å². The van der Waals surface area contributed by atoms with Crippen LogP contribution in [0.25, 0.3) is 0 Å². The molecule has 0 aliphatic heterocycles. The van der Waals surface area contributed by atoms with Crippen molar-refractivity contribution in [1.29, 1.82) is 0 Å². The number of amides is 1. The number of carbonyl (C=O) groups excluding carboxylic acids is 1. The highest BCUT2D eigenvalue weighted by Crippen LogP contribution is 2.22. The first kappa shape index (κ1) is 14.5. The molecule has 0 aromatic carbocycles. The Morgan fingerprint density at radius 2 is 1.94 bits per heavy atom. The molecule has 0 saturated heterocycles. The van der Waals surface area contributed by atoms with Crippen LogP contribution in [0.15, 0.2) is 0 Å². The quantitative estimate of drug-likeness (QED) is 0.780. The zero-order valence-electron chi connectivity index (χ0n) is 11.5. The van der Waals surface area contributed by atoms with Gasteiger partial charge in [0.25, 0.3) is 0 Å². The molecule has 0 spiro atoms. The standard InChI is InChI=1S/C13H26N2O2/c1-13(2,3)14-12(17)9-15(4)10-7-5-6-8-11(10)16/h10-11,16H,5-9H2,1-4H3,(H,14,17). The van der Waals surface area contributed by atoms with E-state index in [1.54, 1.807) is 0 Å². The zero-order valence-corrected chi connectivity index (χ0v) is 11.5. The van der Waals surface area contributed by atoms with Gasteiger partial charge in [-0.15, -0.1) is 0 Å². The highest BCUT2D eigenvalue weighted by atomic mass is 16.3. The smallest absolute Gasteiger partial charge is 0.234 e. The molecular weight excluding hydrogens is 216 g/mol. The van der Waals surface area contributed by atoms with Crippen LogP contribution in [0.4, 0.5) is 0 Å². The van der Waals surface area contributed by atoms with Crippen LogP contribution in [-0.4, -0.2) is 47.2 Å². The van der Waals surface area contributed by atoms with Gasteiger partial charge in [-0.25, -0.2) is 0 Å². The third-order valence-corrected chi connectivity index (χ3v) is 3.17. The Bertz CT molecular complexity index is 261. The normalized spacial score (nSPS) is 26.0. The van der Waals surface area contributed by atoms with Crippen molar-refractivity contribution < 1.29 is 9.90 Å². The van der Waals surface area contributed by atoms with Crippen LogP contribution in [-0.2, 0) is 4.79 Å². The van der Waals surface area contributed by atoms with Gasteiger partial charge in [-0.2, -0.15) is 0 Å². The molecule has 1 aliphatic carbocycles. The van der Waals surface area contributed by atoms with Gasteiger partial charge in [0.2, 0.25) is 5.91 Å². The van der Waals surface area contributed by atoms with Gasteiger partial charge in [-0.05, 0) is 40.7 Å². The molecule has 17 heavy (non-hydrogen) atoms. The highest BCUT2D eigenvalue weighted by Gasteiger charge is 2.28. The van der Waals surface area contributed by atoms with Gasteiger partial charge in [0.1, 0.15) is 0 Å². The molecule has 0 aromatic heterocycles. The number of hydrogen-bond donors (Lipinski definition) is 2. The van der Waals surface area contributed by atoms with Crippen LogP contribution in [0.1, 0.15) is 46.5 Å². The van der Waals surface area contributed by atoms with Crippen LogP contribution in [0, 0.1) is 0 Å². The predicted molar refractivity (Wildman–Crippen MR) is 68.8 cm³/mol. The fourth-order valence-corrected chi connectivity index (χ4v) is 2.41. The van der Waals surface area contributed by atoms with E-state index in [0.29, 0.717) is 6.54 Å². The third-order valence-electron chi connectivity index (χ3n) is 3.17. The van der Waals surface area contributed by atoms with E-state index in [2.05, 4.69) is 5.32 Å². The summed E-state index contributed by atoms with van der Waals surface area (Å²) in [5.41, 5.74) is -0.191. The first-order chi connectivity index (χ1) is 7.79. The van der Waals surface area contributed by atoms with Crippen molar-refractivity contribution >= 4 is 5.91 Å². The van der Waals surface area contributed by atoms with Gasteiger partial charge in [0.15, 0.2) is 0 Å². The summed E-state index contributed by atoms with van der Waals surface area (Å²) in [5, 5.41) is 12.9. The van der Waals surface area contributed by atoms with E-state index in [4.69, 9.17) is 0 Å². The lowest BCUT2D eigenvalue weighted by atomic mass is 9.91. The summed E-state index contributed by atoms with van der Waals surface area (Å²) in [6.07, 6.45) is 3.81. The Morgan fingerprint density at radius 3 is 2.47 bits per heavy atom. The van der Waals surface area contributed by atoms with Crippen LogP contribution in [0.5, 0.6) is 0 Å².